The second-order valence-corrected chi connectivity index (χ2v) is 5.63. The Labute approximate surface area is 101 Å². The van der Waals surface area contributed by atoms with Gasteiger partial charge in [0, 0.05) is 16.9 Å². The molecule has 1 aromatic carbocycles. The van der Waals surface area contributed by atoms with Crippen molar-refractivity contribution in [2.75, 3.05) is 11.9 Å². The molecule has 0 bridgehead atoms. The molecule has 0 radical (unpaired) electrons. The van der Waals surface area contributed by atoms with Crippen molar-refractivity contribution in [3.05, 3.63) is 29.6 Å². The molecule has 1 aromatic rings. The van der Waals surface area contributed by atoms with Crippen molar-refractivity contribution >= 4 is 24.1 Å². The number of anilines is 1. The van der Waals surface area contributed by atoms with Gasteiger partial charge in [0.1, 0.15) is 5.82 Å². The molecule has 0 saturated carbocycles. The maximum absolute atomic E-state index is 13.4. The van der Waals surface area contributed by atoms with Gasteiger partial charge in [0.25, 0.3) is 0 Å². The van der Waals surface area contributed by atoms with Gasteiger partial charge >= 0.3 is 0 Å². The van der Waals surface area contributed by atoms with E-state index in [-0.39, 0.29) is 16.3 Å². The summed E-state index contributed by atoms with van der Waals surface area (Å²) in [6, 6.07) is 4.30. The topological polar surface area (TPSA) is 29.1 Å². The van der Waals surface area contributed by atoms with Gasteiger partial charge in [-0.25, -0.2) is 4.39 Å². The van der Waals surface area contributed by atoms with Gasteiger partial charge in [-0.1, -0.05) is 0 Å². The van der Waals surface area contributed by atoms with Gasteiger partial charge in [0.2, 0.25) is 0 Å². The number of Topliss-reactive ketones (excluding diaryl/α,β-unsaturated/α-hetero) is 1. The van der Waals surface area contributed by atoms with Gasteiger partial charge < -0.3 is 5.32 Å². The van der Waals surface area contributed by atoms with Crippen LogP contribution in [0.3, 0.4) is 0 Å². The highest BCUT2D eigenvalue weighted by molar-refractivity contribution is 7.81. The lowest BCUT2D eigenvalue weighted by Gasteiger charge is -2.19. The lowest BCUT2D eigenvalue weighted by Crippen LogP contribution is -2.23. The van der Waals surface area contributed by atoms with Crippen molar-refractivity contribution < 1.29 is 9.18 Å². The first-order valence-corrected chi connectivity index (χ1v) is 5.51. The Morgan fingerprint density at radius 3 is 2.62 bits per heavy atom. The molecule has 0 unspecified atom stereocenters. The Bertz CT molecular complexity index is 398. The zero-order valence-corrected chi connectivity index (χ0v) is 10.6. The molecule has 0 spiro atoms. The Morgan fingerprint density at radius 1 is 1.50 bits per heavy atom. The van der Waals surface area contributed by atoms with Gasteiger partial charge in [-0.15, -0.1) is 0 Å². The zero-order valence-electron chi connectivity index (χ0n) is 9.67. The average molecular weight is 241 g/mol. The van der Waals surface area contributed by atoms with E-state index in [1.807, 2.05) is 13.8 Å². The molecule has 0 aromatic heterocycles. The van der Waals surface area contributed by atoms with Crippen LogP contribution in [0.25, 0.3) is 0 Å². The van der Waals surface area contributed by atoms with Gasteiger partial charge in [-0.05, 0) is 39.0 Å². The van der Waals surface area contributed by atoms with E-state index in [4.69, 9.17) is 0 Å². The van der Waals surface area contributed by atoms with Crippen molar-refractivity contribution in [3.8, 4) is 0 Å². The van der Waals surface area contributed by atoms with Crippen LogP contribution >= 0.6 is 12.6 Å². The second kappa shape index (κ2) is 4.87. The SMILES string of the molecule is CC(=O)c1ccc(F)c(NCC(C)(C)S)c1. The predicted octanol–water partition coefficient (Wildman–Crippen LogP) is 3.15. The van der Waals surface area contributed by atoms with E-state index in [1.165, 1.54) is 25.1 Å². The van der Waals surface area contributed by atoms with E-state index in [0.29, 0.717) is 17.8 Å². The molecular formula is C12H16FNOS. The minimum atomic E-state index is -0.359. The molecule has 4 heteroatoms. The van der Waals surface area contributed by atoms with Gasteiger partial charge in [-0.2, -0.15) is 12.6 Å². The third kappa shape index (κ3) is 3.85. The molecule has 2 nitrogen and oxygen atoms in total. The molecule has 0 amide bonds. The van der Waals surface area contributed by atoms with E-state index in [2.05, 4.69) is 17.9 Å². The third-order valence-electron chi connectivity index (χ3n) is 2.08. The molecule has 0 fully saturated rings. The number of hydrogen-bond acceptors (Lipinski definition) is 3. The summed E-state index contributed by atoms with van der Waals surface area (Å²) in [5.41, 5.74) is 0.843. The molecule has 1 N–H and O–H groups in total. The number of thiol groups is 1. The predicted molar refractivity (Wildman–Crippen MR) is 68.0 cm³/mol. The van der Waals surface area contributed by atoms with E-state index in [9.17, 15) is 9.18 Å². The third-order valence-corrected chi connectivity index (χ3v) is 2.24. The molecule has 0 aliphatic carbocycles. The van der Waals surface area contributed by atoms with Crippen LogP contribution in [0.15, 0.2) is 18.2 Å². The van der Waals surface area contributed by atoms with Gasteiger partial charge in [-0.3, -0.25) is 4.79 Å². The number of benzene rings is 1. The van der Waals surface area contributed by atoms with Crippen LogP contribution in [0.2, 0.25) is 0 Å². The second-order valence-electron chi connectivity index (χ2n) is 4.42. The summed E-state index contributed by atoms with van der Waals surface area (Å²) in [5.74, 6) is -0.434. The fourth-order valence-electron chi connectivity index (χ4n) is 1.19. The van der Waals surface area contributed by atoms with Crippen molar-refractivity contribution in [1.82, 2.24) is 0 Å². The summed E-state index contributed by atoms with van der Waals surface area (Å²) in [5, 5.41) is 2.94. The Balaban J connectivity index is 2.86. The maximum atomic E-state index is 13.4. The molecular weight excluding hydrogens is 225 g/mol. The first-order valence-electron chi connectivity index (χ1n) is 5.06. The molecule has 0 saturated heterocycles. The largest absolute Gasteiger partial charge is 0.381 e. The van der Waals surface area contributed by atoms with Crippen molar-refractivity contribution in [1.29, 1.82) is 0 Å². The highest BCUT2D eigenvalue weighted by Crippen LogP contribution is 2.19. The minimum Gasteiger partial charge on any atom is -0.381 e. The average Bonchev–Trinajstić information content (AvgIpc) is 2.14. The van der Waals surface area contributed by atoms with Gasteiger partial charge in [0.15, 0.2) is 5.78 Å². The van der Waals surface area contributed by atoms with Crippen LogP contribution in [0.1, 0.15) is 31.1 Å². The van der Waals surface area contributed by atoms with Crippen LogP contribution in [0.5, 0.6) is 0 Å². The summed E-state index contributed by atoms with van der Waals surface area (Å²) >= 11 is 4.33. The lowest BCUT2D eigenvalue weighted by molar-refractivity contribution is 0.101. The first kappa shape index (κ1) is 13.0. The summed E-state index contributed by atoms with van der Waals surface area (Å²) in [6.07, 6.45) is 0. The molecule has 88 valence electrons. The summed E-state index contributed by atoms with van der Waals surface area (Å²) < 4.78 is 13.2. The standard InChI is InChI=1S/C12H16FNOS/c1-8(15)9-4-5-10(13)11(6-9)14-7-12(2,3)16/h4-6,14,16H,7H2,1-3H3. The van der Waals surface area contributed by atoms with Crippen molar-refractivity contribution in [3.63, 3.8) is 0 Å². The Morgan fingerprint density at radius 2 is 2.12 bits per heavy atom. The minimum absolute atomic E-state index is 0.0758. The monoisotopic (exact) mass is 241 g/mol. The van der Waals surface area contributed by atoms with Crippen LogP contribution in [0.4, 0.5) is 10.1 Å². The Kier molecular flexibility index (Phi) is 3.97. The van der Waals surface area contributed by atoms with Crippen molar-refractivity contribution in [2.45, 2.75) is 25.5 Å². The summed E-state index contributed by atoms with van der Waals surface area (Å²) in [7, 11) is 0. The number of halogens is 1. The number of nitrogens with one attached hydrogen (secondary N) is 1. The highest BCUT2D eigenvalue weighted by Gasteiger charge is 2.13. The highest BCUT2D eigenvalue weighted by atomic mass is 32.1. The van der Waals surface area contributed by atoms with Crippen LogP contribution in [-0.2, 0) is 0 Å². The summed E-state index contributed by atoms with van der Waals surface area (Å²) in [6.45, 7) is 5.83. The molecule has 0 aliphatic heterocycles. The lowest BCUT2D eigenvalue weighted by atomic mass is 10.1. The quantitative estimate of drug-likeness (QED) is 0.626. The van der Waals surface area contributed by atoms with E-state index < -0.39 is 0 Å². The van der Waals surface area contributed by atoms with E-state index in [0.717, 1.165) is 0 Å². The Hall–Kier alpha value is -1.03. The number of ketones is 1. The first-order chi connectivity index (χ1) is 7.29. The maximum Gasteiger partial charge on any atom is 0.159 e. The van der Waals surface area contributed by atoms with Crippen LogP contribution < -0.4 is 5.32 Å². The van der Waals surface area contributed by atoms with Crippen LogP contribution in [-0.4, -0.2) is 17.1 Å². The smallest absolute Gasteiger partial charge is 0.159 e. The zero-order chi connectivity index (χ0) is 12.3. The number of hydrogen-bond donors (Lipinski definition) is 2. The number of carbonyl (C=O) groups is 1. The van der Waals surface area contributed by atoms with E-state index in [1.54, 1.807) is 0 Å². The van der Waals surface area contributed by atoms with Crippen molar-refractivity contribution in [2.24, 2.45) is 0 Å². The van der Waals surface area contributed by atoms with E-state index >= 15 is 0 Å². The number of rotatable bonds is 4. The van der Waals surface area contributed by atoms with Gasteiger partial charge in [0.05, 0.1) is 5.69 Å². The molecule has 1 rings (SSSR count). The molecule has 0 aliphatic rings. The normalized spacial score (nSPS) is 11.3. The molecule has 0 atom stereocenters. The van der Waals surface area contributed by atoms with Crippen LogP contribution in [0, 0.1) is 5.82 Å². The number of carbonyl (C=O) groups excluding carboxylic acids is 1. The fraction of sp³-hybridized carbons (Fsp3) is 0.417. The summed E-state index contributed by atoms with van der Waals surface area (Å²) in [4.78, 5) is 11.1. The molecule has 0 heterocycles. The molecule has 16 heavy (non-hydrogen) atoms. The fourth-order valence-corrected chi connectivity index (χ4v) is 1.27.